The number of rotatable bonds is 4. The second-order valence-corrected chi connectivity index (χ2v) is 4.95. The fourth-order valence-electron chi connectivity index (χ4n) is 2.46. The summed E-state index contributed by atoms with van der Waals surface area (Å²) in [6.07, 6.45) is 0.143. The number of hydrogen-bond acceptors (Lipinski definition) is 2. The molecule has 3 heteroatoms. The summed E-state index contributed by atoms with van der Waals surface area (Å²) in [4.78, 5) is 4.59. The van der Waals surface area contributed by atoms with Gasteiger partial charge in [0, 0.05) is 6.54 Å². The van der Waals surface area contributed by atoms with Crippen molar-refractivity contribution in [2.75, 3.05) is 0 Å². The lowest BCUT2D eigenvalue weighted by atomic mass is 10.2. The first kappa shape index (κ1) is 12.9. The molecule has 0 aliphatic heterocycles. The summed E-state index contributed by atoms with van der Waals surface area (Å²) in [6, 6.07) is 18.3. The molecule has 0 amide bonds. The second kappa shape index (κ2) is 5.47. The van der Waals surface area contributed by atoms with E-state index in [0.717, 1.165) is 23.4 Å². The minimum Gasteiger partial charge on any atom is -0.385 e. The number of fused-ring (bicyclic) bond motifs is 1. The molecule has 0 saturated heterocycles. The predicted octanol–water partition coefficient (Wildman–Crippen LogP) is 3.53. The van der Waals surface area contributed by atoms with Crippen LogP contribution in [0, 0.1) is 0 Å². The summed E-state index contributed by atoms with van der Waals surface area (Å²) in [5.41, 5.74) is 3.21. The molecule has 3 nitrogen and oxygen atoms in total. The van der Waals surface area contributed by atoms with Crippen molar-refractivity contribution in [2.24, 2.45) is 0 Å². The number of aliphatic hydroxyl groups excluding tert-OH is 1. The monoisotopic (exact) mass is 266 g/mol. The van der Waals surface area contributed by atoms with Crippen LogP contribution in [0.5, 0.6) is 0 Å². The van der Waals surface area contributed by atoms with Crippen LogP contribution in [0.3, 0.4) is 0 Å². The fraction of sp³-hybridized carbons (Fsp3) is 0.235. The Morgan fingerprint density at radius 2 is 1.75 bits per heavy atom. The van der Waals surface area contributed by atoms with Crippen LogP contribution in [0.4, 0.5) is 0 Å². The van der Waals surface area contributed by atoms with Crippen LogP contribution in [-0.4, -0.2) is 14.7 Å². The molecule has 2 aromatic carbocycles. The molecule has 1 unspecified atom stereocenters. The molecule has 0 radical (unpaired) electrons. The van der Waals surface area contributed by atoms with Crippen molar-refractivity contribution < 1.29 is 5.11 Å². The Balaban J connectivity index is 2.11. The third kappa shape index (κ3) is 2.32. The van der Waals surface area contributed by atoms with Crippen LogP contribution in [0.25, 0.3) is 11.0 Å². The van der Waals surface area contributed by atoms with Gasteiger partial charge in [0.15, 0.2) is 0 Å². The highest BCUT2D eigenvalue weighted by Gasteiger charge is 2.16. The maximum atomic E-state index is 10.2. The number of para-hydroxylation sites is 2. The lowest BCUT2D eigenvalue weighted by Gasteiger charge is -2.12. The Kier molecular flexibility index (Phi) is 3.52. The molecule has 1 atom stereocenters. The topological polar surface area (TPSA) is 38.1 Å². The molecule has 1 N–H and O–H groups in total. The van der Waals surface area contributed by atoms with E-state index in [1.165, 1.54) is 5.56 Å². The lowest BCUT2D eigenvalue weighted by Crippen LogP contribution is -2.09. The molecule has 0 saturated carbocycles. The van der Waals surface area contributed by atoms with Gasteiger partial charge in [0.2, 0.25) is 0 Å². The number of aromatic nitrogens is 2. The van der Waals surface area contributed by atoms with Gasteiger partial charge in [0.05, 0.1) is 11.0 Å². The highest BCUT2D eigenvalue weighted by molar-refractivity contribution is 5.76. The van der Waals surface area contributed by atoms with E-state index in [0.29, 0.717) is 6.42 Å². The third-order valence-electron chi connectivity index (χ3n) is 3.55. The van der Waals surface area contributed by atoms with Crippen molar-refractivity contribution in [3.8, 4) is 0 Å². The third-order valence-corrected chi connectivity index (χ3v) is 3.55. The van der Waals surface area contributed by atoms with Crippen molar-refractivity contribution in [1.29, 1.82) is 0 Å². The van der Waals surface area contributed by atoms with E-state index < -0.39 is 6.10 Å². The van der Waals surface area contributed by atoms with Gasteiger partial charge >= 0.3 is 0 Å². The maximum absolute atomic E-state index is 10.2. The van der Waals surface area contributed by atoms with Crippen molar-refractivity contribution in [3.63, 3.8) is 0 Å². The molecule has 1 heterocycles. The average Bonchev–Trinajstić information content (AvgIpc) is 2.86. The summed E-state index contributed by atoms with van der Waals surface area (Å²) >= 11 is 0. The zero-order valence-corrected chi connectivity index (χ0v) is 11.5. The molecule has 0 aliphatic carbocycles. The van der Waals surface area contributed by atoms with Crippen molar-refractivity contribution >= 4 is 11.0 Å². The van der Waals surface area contributed by atoms with Gasteiger partial charge in [-0.15, -0.1) is 0 Å². The van der Waals surface area contributed by atoms with Crippen LogP contribution in [0.15, 0.2) is 54.6 Å². The summed E-state index contributed by atoms with van der Waals surface area (Å²) in [7, 11) is 0. The molecular formula is C17H18N2O. The van der Waals surface area contributed by atoms with Gasteiger partial charge in [-0.1, -0.05) is 49.4 Å². The van der Waals surface area contributed by atoms with Gasteiger partial charge in [-0.2, -0.15) is 0 Å². The van der Waals surface area contributed by atoms with E-state index in [1.54, 1.807) is 0 Å². The van der Waals surface area contributed by atoms with Crippen LogP contribution >= 0.6 is 0 Å². The molecule has 0 bridgehead atoms. The Morgan fingerprint density at radius 3 is 2.50 bits per heavy atom. The maximum Gasteiger partial charge on any atom is 0.139 e. The molecule has 1 aromatic heterocycles. The van der Waals surface area contributed by atoms with Crippen LogP contribution in [0.1, 0.15) is 30.8 Å². The minimum atomic E-state index is -0.522. The van der Waals surface area contributed by atoms with Gasteiger partial charge in [0.1, 0.15) is 11.9 Å². The van der Waals surface area contributed by atoms with Gasteiger partial charge < -0.3 is 9.67 Å². The molecule has 20 heavy (non-hydrogen) atoms. The van der Waals surface area contributed by atoms with Crippen LogP contribution in [-0.2, 0) is 6.54 Å². The SMILES string of the molecule is CCC(O)c1nc2ccccc2n1Cc1ccccc1. The molecule has 0 spiro atoms. The van der Waals surface area contributed by atoms with E-state index in [-0.39, 0.29) is 0 Å². The average molecular weight is 266 g/mol. The highest BCUT2D eigenvalue weighted by Crippen LogP contribution is 2.23. The van der Waals surface area contributed by atoms with Crippen LogP contribution in [0.2, 0.25) is 0 Å². The largest absolute Gasteiger partial charge is 0.385 e. The van der Waals surface area contributed by atoms with Gasteiger partial charge in [-0.3, -0.25) is 0 Å². The summed E-state index contributed by atoms with van der Waals surface area (Å²) in [5.74, 6) is 0.748. The molecule has 0 fully saturated rings. The molecular weight excluding hydrogens is 248 g/mol. The normalized spacial score (nSPS) is 12.7. The Morgan fingerprint density at radius 1 is 1.05 bits per heavy atom. The Labute approximate surface area is 118 Å². The number of aliphatic hydroxyl groups is 1. The fourth-order valence-corrected chi connectivity index (χ4v) is 2.46. The predicted molar refractivity (Wildman–Crippen MR) is 80.5 cm³/mol. The van der Waals surface area contributed by atoms with Crippen molar-refractivity contribution in [2.45, 2.75) is 26.0 Å². The number of nitrogens with zero attached hydrogens (tertiary/aromatic N) is 2. The second-order valence-electron chi connectivity index (χ2n) is 4.95. The number of hydrogen-bond donors (Lipinski definition) is 1. The molecule has 3 aromatic rings. The Hall–Kier alpha value is -2.13. The quantitative estimate of drug-likeness (QED) is 0.784. The highest BCUT2D eigenvalue weighted by atomic mass is 16.3. The summed E-state index contributed by atoms with van der Waals surface area (Å²) in [6.45, 7) is 2.70. The van der Waals surface area contributed by atoms with Crippen LogP contribution < -0.4 is 0 Å². The first-order valence-electron chi connectivity index (χ1n) is 6.96. The standard InChI is InChI=1S/C17H18N2O/c1-2-16(20)17-18-14-10-6-7-11-15(14)19(17)12-13-8-4-3-5-9-13/h3-11,16,20H,2,12H2,1H3. The lowest BCUT2D eigenvalue weighted by molar-refractivity contribution is 0.160. The van der Waals surface area contributed by atoms with Gasteiger partial charge in [-0.05, 0) is 24.1 Å². The first-order valence-corrected chi connectivity index (χ1v) is 6.96. The van der Waals surface area contributed by atoms with E-state index >= 15 is 0 Å². The van der Waals surface area contributed by atoms with Crippen molar-refractivity contribution in [3.05, 3.63) is 66.0 Å². The van der Waals surface area contributed by atoms with Gasteiger partial charge in [-0.25, -0.2) is 4.98 Å². The zero-order chi connectivity index (χ0) is 13.9. The molecule has 102 valence electrons. The minimum absolute atomic E-state index is 0.522. The first-order chi connectivity index (χ1) is 9.79. The van der Waals surface area contributed by atoms with E-state index in [1.807, 2.05) is 43.3 Å². The van der Waals surface area contributed by atoms with E-state index in [9.17, 15) is 5.11 Å². The number of benzene rings is 2. The summed E-state index contributed by atoms with van der Waals surface area (Å²) in [5, 5.41) is 10.2. The van der Waals surface area contributed by atoms with Crippen molar-refractivity contribution in [1.82, 2.24) is 9.55 Å². The van der Waals surface area contributed by atoms with Gasteiger partial charge in [0.25, 0.3) is 0 Å². The van der Waals surface area contributed by atoms with E-state index in [2.05, 4.69) is 27.8 Å². The van der Waals surface area contributed by atoms with E-state index in [4.69, 9.17) is 0 Å². The zero-order valence-electron chi connectivity index (χ0n) is 11.5. The molecule has 3 rings (SSSR count). The molecule has 0 aliphatic rings. The number of imidazole rings is 1. The summed E-state index contributed by atoms with van der Waals surface area (Å²) < 4.78 is 2.11. The smallest absolute Gasteiger partial charge is 0.139 e. The Bertz CT molecular complexity index is 703.